The van der Waals surface area contributed by atoms with Crippen LogP contribution in [0.1, 0.15) is 60.1 Å². The molecule has 0 spiro atoms. The smallest absolute Gasteiger partial charge is 0.304 e. The molecule has 5 rings (SSSR count). The summed E-state index contributed by atoms with van der Waals surface area (Å²) >= 11 is 0. The van der Waals surface area contributed by atoms with Gasteiger partial charge in [-0.2, -0.15) is 0 Å². The van der Waals surface area contributed by atoms with Crippen LogP contribution in [0.4, 0.5) is 4.39 Å². The van der Waals surface area contributed by atoms with E-state index in [0.717, 1.165) is 11.1 Å². The normalized spacial score (nSPS) is 18.6. The zero-order valence-corrected chi connectivity index (χ0v) is 19.7. The highest BCUT2D eigenvalue weighted by Gasteiger charge is 2.32. The summed E-state index contributed by atoms with van der Waals surface area (Å²) in [7, 11) is 0. The Balaban J connectivity index is 1.36. The van der Waals surface area contributed by atoms with Crippen molar-refractivity contribution in [1.29, 1.82) is 0 Å². The molecule has 3 aromatic rings. The molecule has 1 unspecified atom stereocenters. The van der Waals surface area contributed by atoms with Crippen LogP contribution in [-0.4, -0.2) is 23.5 Å². The molecule has 1 aliphatic carbocycles. The Morgan fingerprint density at radius 2 is 2.00 bits per heavy atom. The number of ether oxygens (including phenoxy) is 3. The standard InChI is InChI=1S/C28H26FNO6/c1-15(31)28(30)16-3-2-4-18(11-16)35-23-10-8-22(29)27-21(23)7-9-24(27)36-19-5-6-20-17(12-26(32)33)14-34-25(20)13-19/h2-6,8,10-11,13,17,24,28H,7,9,12,14,30H2,1H3,(H,32,33)/t17-,24-,28?/m1/s1. The van der Waals surface area contributed by atoms with Crippen LogP contribution in [0.15, 0.2) is 54.6 Å². The highest BCUT2D eigenvalue weighted by Crippen LogP contribution is 2.44. The van der Waals surface area contributed by atoms with Gasteiger partial charge in [0.15, 0.2) is 5.78 Å². The Hall–Kier alpha value is -3.91. The van der Waals surface area contributed by atoms with Gasteiger partial charge in [0.2, 0.25) is 0 Å². The number of rotatable bonds is 8. The molecule has 8 heteroatoms. The van der Waals surface area contributed by atoms with E-state index >= 15 is 0 Å². The molecule has 3 N–H and O–H groups in total. The zero-order valence-electron chi connectivity index (χ0n) is 19.7. The Labute approximate surface area is 207 Å². The van der Waals surface area contributed by atoms with Crippen molar-refractivity contribution in [3.05, 3.63) is 82.7 Å². The number of carboxylic acid groups (broad SMARTS) is 1. The summed E-state index contributed by atoms with van der Waals surface area (Å²) in [6.07, 6.45) is 0.639. The minimum Gasteiger partial charge on any atom is -0.492 e. The van der Waals surface area contributed by atoms with Gasteiger partial charge in [-0.25, -0.2) is 4.39 Å². The van der Waals surface area contributed by atoms with Crippen molar-refractivity contribution in [2.75, 3.05) is 6.61 Å². The van der Waals surface area contributed by atoms with Crippen molar-refractivity contribution in [3.63, 3.8) is 0 Å². The fourth-order valence-electron chi connectivity index (χ4n) is 4.86. The second-order valence-corrected chi connectivity index (χ2v) is 9.15. The Bertz CT molecular complexity index is 1340. The number of nitrogens with two attached hydrogens (primary N) is 1. The maximum absolute atomic E-state index is 14.9. The maximum atomic E-state index is 14.9. The van der Waals surface area contributed by atoms with Gasteiger partial charge in [-0.15, -0.1) is 0 Å². The number of hydrogen-bond donors (Lipinski definition) is 2. The maximum Gasteiger partial charge on any atom is 0.304 e. The number of Topliss-reactive ketones (excluding diaryl/α,β-unsaturated/α-hetero) is 1. The van der Waals surface area contributed by atoms with Crippen LogP contribution in [0.5, 0.6) is 23.0 Å². The lowest BCUT2D eigenvalue weighted by Gasteiger charge is -2.17. The number of carbonyl (C=O) groups is 2. The topological polar surface area (TPSA) is 108 Å². The molecule has 0 radical (unpaired) electrons. The van der Waals surface area contributed by atoms with E-state index in [9.17, 15) is 14.0 Å². The van der Waals surface area contributed by atoms with E-state index in [1.807, 2.05) is 6.07 Å². The monoisotopic (exact) mass is 491 g/mol. The fourth-order valence-corrected chi connectivity index (χ4v) is 4.86. The molecule has 3 aromatic carbocycles. The molecule has 0 fully saturated rings. The van der Waals surface area contributed by atoms with E-state index in [1.54, 1.807) is 42.5 Å². The van der Waals surface area contributed by atoms with Gasteiger partial charge in [-0.05, 0) is 55.7 Å². The summed E-state index contributed by atoms with van der Waals surface area (Å²) in [6, 6.07) is 14.5. The van der Waals surface area contributed by atoms with Crippen LogP contribution in [0.2, 0.25) is 0 Å². The van der Waals surface area contributed by atoms with E-state index in [-0.39, 0.29) is 23.9 Å². The second-order valence-electron chi connectivity index (χ2n) is 9.15. The first kappa shape index (κ1) is 23.8. The average molecular weight is 492 g/mol. The quantitative estimate of drug-likeness (QED) is 0.445. The third-order valence-electron chi connectivity index (χ3n) is 6.69. The van der Waals surface area contributed by atoms with E-state index in [0.29, 0.717) is 53.6 Å². The van der Waals surface area contributed by atoms with Crippen LogP contribution < -0.4 is 19.9 Å². The molecule has 0 amide bonds. The number of fused-ring (bicyclic) bond motifs is 2. The molecule has 1 aliphatic heterocycles. The summed E-state index contributed by atoms with van der Waals surface area (Å²) in [5, 5.41) is 9.09. The summed E-state index contributed by atoms with van der Waals surface area (Å²) in [4.78, 5) is 22.7. The first-order chi connectivity index (χ1) is 17.3. The van der Waals surface area contributed by atoms with Crippen molar-refractivity contribution < 1.29 is 33.3 Å². The molecule has 7 nitrogen and oxygen atoms in total. The summed E-state index contributed by atoms with van der Waals surface area (Å²) < 4.78 is 32.9. The fraction of sp³-hybridized carbons (Fsp3) is 0.286. The van der Waals surface area contributed by atoms with Gasteiger partial charge in [-0.1, -0.05) is 18.2 Å². The molecule has 3 atom stereocenters. The summed E-state index contributed by atoms with van der Waals surface area (Å²) in [5.74, 6) is 0.572. The first-order valence-electron chi connectivity index (χ1n) is 11.8. The molecule has 0 saturated heterocycles. The second kappa shape index (κ2) is 9.62. The molecule has 0 aromatic heterocycles. The van der Waals surface area contributed by atoms with E-state index in [1.165, 1.54) is 13.0 Å². The van der Waals surface area contributed by atoms with Crippen LogP contribution in [0.25, 0.3) is 0 Å². The van der Waals surface area contributed by atoms with Crippen LogP contribution in [-0.2, 0) is 16.0 Å². The largest absolute Gasteiger partial charge is 0.492 e. The third kappa shape index (κ3) is 4.64. The summed E-state index contributed by atoms with van der Waals surface area (Å²) in [5.41, 5.74) is 8.63. The molecular formula is C28H26FNO6. The van der Waals surface area contributed by atoms with Gasteiger partial charge in [0, 0.05) is 28.7 Å². The zero-order chi connectivity index (χ0) is 25.4. The Morgan fingerprint density at radius 1 is 1.17 bits per heavy atom. The number of benzene rings is 3. The van der Waals surface area contributed by atoms with Gasteiger partial charge in [0.1, 0.15) is 34.9 Å². The molecule has 186 valence electrons. The minimum absolute atomic E-state index is 0.000782. The lowest BCUT2D eigenvalue weighted by atomic mass is 9.98. The van der Waals surface area contributed by atoms with Crippen molar-refractivity contribution in [1.82, 2.24) is 0 Å². The van der Waals surface area contributed by atoms with Crippen molar-refractivity contribution >= 4 is 11.8 Å². The highest BCUT2D eigenvalue weighted by molar-refractivity contribution is 5.82. The molecule has 2 aliphatic rings. The lowest BCUT2D eigenvalue weighted by Crippen LogP contribution is -2.18. The van der Waals surface area contributed by atoms with E-state index < -0.39 is 18.1 Å². The molecule has 1 heterocycles. The number of ketones is 1. The number of carboxylic acids is 1. The predicted octanol–water partition coefficient (Wildman–Crippen LogP) is 5.22. The van der Waals surface area contributed by atoms with Gasteiger partial charge < -0.3 is 25.1 Å². The molecular weight excluding hydrogens is 465 g/mol. The Morgan fingerprint density at radius 3 is 2.78 bits per heavy atom. The van der Waals surface area contributed by atoms with Crippen LogP contribution in [0, 0.1) is 5.82 Å². The predicted molar refractivity (Wildman–Crippen MR) is 129 cm³/mol. The lowest BCUT2D eigenvalue weighted by molar-refractivity contribution is -0.137. The Kier molecular flexibility index (Phi) is 6.36. The molecule has 36 heavy (non-hydrogen) atoms. The van der Waals surface area contributed by atoms with Gasteiger partial charge in [0.05, 0.1) is 19.1 Å². The van der Waals surface area contributed by atoms with Gasteiger partial charge in [0.25, 0.3) is 0 Å². The molecule has 0 bridgehead atoms. The van der Waals surface area contributed by atoms with Gasteiger partial charge in [-0.3, -0.25) is 9.59 Å². The SMILES string of the molecule is CC(=O)C(N)c1cccc(Oc2ccc(F)c3c2CC[C@H]3Oc2ccc3c(c2)OC[C@H]3CC(=O)O)c1. The number of halogens is 1. The summed E-state index contributed by atoms with van der Waals surface area (Å²) in [6.45, 7) is 1.75. The average Bonchev–Trinajstić information content (AvgIpc) is 3.45. The van der Waals surface area contributed by atoms with Crippen molar-refractivity contribution in [2.45, 2.75) is 44.2 Å². The van der Waals surface area contributed by atoms with Crippen LogP contribution in [0.3, 0.4) is 0 Å². The van der Waals surface area contributed by atoms with Crippen molar-refractivity contribution in [2.24, 2.45) is 5.73 Å². The first-order valence-corrected chi connectivity index (χ1v) is 11.8. The van der Waals surface area contributed by atoms with E-state index in [2.05, 4.69) is 0 Å². The molecule has 0 saturated carbocycles. The van der Waals surface area contributed by atoms with Crippen molar-refractivity contribution in [3.8, 4) is 23.0 Å². The highest BCUT2D eigenvalue weighted by atomic mass is 19.1. The van der Waals surface area contributed by atoms with Gasteiger partial charge >= 0.3 is 5.97 Å². The van der Waals surface area contributed by atoms with E-state index in [4.69, 9.17) is 25.1 Å². The number of aliphatic carboxylic acids is 1. The third-order valence-corrected chi connectivity index (χ3v) is 6.69. The number of hydrogen-bond acceptors (Lipinski definition) is 6. The van der Waals surface area contributed by atoms with Crippen LogP contribution >= 0.6 is 0 Å². The number of carbonyl (C=O) groups excluding carboxylic acids is 1. The minimum atomic E-state index is -0.874.